The van der Waals surface area contributed by atoms with Gasteiger partial charge >= 0.3 is 0 Å². The first-order valence-electron chi connectivity index (χ1n) is 19.0. The molecule has 0 radical (unpaired) electrons. The van der Waals surface area contributed by atoms with Crippen molar-refractivity contribution in [1.29, 1.82) is 0 Å². The Morgan fingerprint density at radius 2 is 0.789 bits per heavy atom. The van der Waals surface area contributed by atoms with Crippen molar-refractivity contribution in [1.82, 2.24) is 19.5 Å². The van der Waals surface area contributed by atoms with Gasteiger partial charge in [0.2, 0.25) is 0 Å². The van der Waals surface area contributed by atoms with Crippen LogP contribution in [-0.2, 0) is 0 Å². The molecule has 4 heterocycles. The van der Waals surface area contributed by atoms with Crippen molar-refractivity contribution in [3.63, 3.8) is 0 Å². The average molecular weight is 731 g/mol. The van der Waals surface area contributed by atoms with Gasteiger partial charge in [-0.1, -0.05) is 115 Å². The van der Waals surface area contributed by atoms with Gasteiger partial charge in [-0.2, -0.15) is 0 Å². The standard InChI is InChI=1S/C51H30N4O2/c1-3-11-31(12-4-1)49-52-50(34-19-23-38-37-15-7-9-17-43(37)55(44(38)29-34)36-13-5-2-6-14-36)54-51(53-49)35-20-24-40-42-28-33(22-26-47(42)57-48(40)30-35)32-21-25-46-41(27-32)39-16-8-10-18-45(39)56-46/h1-30H. The molecule has 0 aliphatic carbocycles. The van der Waals surface area contributed by atoms with E-state index in [1.165, 1.54) is 10.8 Å². The lowest BCUT2D eigenvalue weighted by atomic mass is 10.0. The first-order chi connectivity index (χ1) is 28.2. The maximum absolute atomic E-state index is 6.49. The summed E-state index contributed by atoms with van der Waals surface area (Å²) >= 11 is 0. The second-order valence-corrected chi connectivity index (χ2v) is 14.4. The second-order valence-electron chi connectivity index (χ2n) is 14.4. The fourth-order valence-corrected chi connectivity index (χ4v) is 8.32. The maximum atomic E-state index is 6.49. The third-order valence-electron chi connectivity index (χ3n) is 11.1. The number of fused-ring (bicyclic) bond motifs is 9. The van der Waals surface area contributed by atoms with E-state index < -0.39 is 0 Å². The molecule has 12 aromatic rings. The number of hydrogen-bond acceptors (Lipinski definition) is 5. The Morgan fingerprint density at radius 3 is 1.51 bits per heavy atom. The zero-order valence-electron chi connectivity index (χ0n) is 30.4. The molecule has 0 atom stereocenters. The Morgan fingerprint density at radius 1 is 0.298 bits per heavy atom. The van der Waals surface area contributed by atoms with Gasteiger partial charge in [-0.15, -0.1) is 0 Å². The van der Waals surface area contributed by atoms with Gasteiger partial charge in [0.05, 0.1) is 11.0 Å². The fourth-order valence-electron chi connectivity index (χ4n) is 8.32. The van der Waals surface area contributed by atoms with E-state index in [1.54, 1.807) is 0 Å². The lowest BCUT2D eigenvalue weighted by Crippen LogP contribution is -2.00. The van der Waals surface area contributed by atoms with Crippen LogP contribution >= 0.6 is 0 Å². The molecule has 6 heteroatoms. The summed E-state index contributed by atoms with van der Waals surface area (Å²) in [6, 6.07) is 62.8. The molecule has 12 rings (SSSR count). The van der Waals surface area contributed by atoms with Gasteiger partial charge < -0.3 is 13.4 Å². The van der Waals surface area contributed by atoms with Gasteiger partial charge in [0.1, 0.15) is 22.3 Å². The topological polar surface area (TPSA) is 69.9 Å². The summed E-state index contributed by atoms with van der Waals surface area (Å²) in [5.74, 6) is 1.78. The normalized spacial score (nSPS) is 11.9. The summed E-state index contributed by atoms with van der Waals surface area (Å²) in [6.45, 7) is 0. The van der Waals surface area contributed by atoms with E-state index >= 15 is 0 Å². The predicted molar refractivity (Wildman–Crippen MR) is 230 cm³/mol. The Labute approximate surface area is 325 Å². The van der Waals surface area contributed by atoms with Crippen molar-refractivity contribution < 1.29 is 8.83 Å². The highest BCUT2D eigenvalue weighted by molar-refractivity contribution is 6.11. The number of aromatic nitrogens is 4. The highest BCUT2D eigenvalue weighted by atomic mass is 16.3. The van der Waals surface area contributed by atoms with Gasteiger partial charge in [0.15, 0.2) is 17.5 Å². The summed E-state index contributed by atoms with van der Waals surface area (Å²) in [5, 5.41) is 6.67. The molecule has 0 aliphatic rings. The van der Waals surface area contributed by atoms with Gasteiger partial charge in [-0.05, 0) is 77.9 Å². The second kappa shape index (κ2) is 12.3. The van der Waals surface area contributed by atoms with Crippen molar-refractivity contribution in [3.8, 4) is 51.0 Å². The van der Waals surface area contributed by atoms with Crippen LogP contribution in [0.4, 0.5) is 0 Å². The Balaban J connectivity index is 0.988. The molecule has 0 saturated heterocycles. The largest absolute Gasteiger partial charge is 0.456 e. The third-order valence-corrected chi connectivity index (χ3v) is 11.1. The molecule has 0 aliphatic heterocycles. The summed E-state index contributed by atoms with van der Waals surface area (Å²) < 4.78 is 14.9. The maximum Gasteiger partial charge on any atom is 0.164 e. The lowest BCUT2D eigenvalue weighted by Gasteiger charge is -2.10. The first-order valence-corrected chi connectivity index (χ1v) is 19.0. The van der Waals surface area contributed by atoms with E-state index in [0.29, 0.717) is 17.5 Å². The number of hydrogen-bond donors (Lipinski definition) is 0. The predicted octanol–water partition coefficient (Wildman–Crippen LogP) is 13.4. The number of benzene rings is 8. The molecule has 57 heavy (non-hydrogen) atoms. The van der Waals surface area contributed by atoms with Crippen molar-refractivity contribution in [2.45, 2.75) is 0 Å². The van der Waals surface area contributed by atoms with Gasteiger partial charge in [0, 0.05) is 54.7 Å². The summed E-state index contributed by atoms with van der Waals surface area (Å²) in [7, 11) is 0. The molecule has 0 fully saturated rings. The van der Waals surface area contributed by atoms with Crippen LogP contribution < -0.4 is 0 Å². The molecule has 0 bridgehead atoms. The third kappa shape index (κ3) is 5.08. The van der Waals surface area contributed by atoms with E-state index in [2.05, 4.69) is 126 Å². The smallest absolute Gasteiger partial charge is 0.164 e. The molecule has 0 N–H and O–H groups in total. The van der Waals surface area contributed by atoms with Crippen molar-refractivity contribution in [2.75, 3.05) is 0 Å². The summed E-state index contributed by atoms with van der Waals surface area (Å²) in [5.41, 5.74) is 11.6. The molecule has 0 spiro atoms. The molecule has 0 saturated carbocycles. The average Bonchev–Trinajstić information content (AvgIpc) is 3.95. The van der Waals surface area contributed by atoms with E-state index in [-0.39, 0.29) is 0 Å². The van der Waals surface area contributed by atoms with Crippen LogP contribution in [0.1, 0.15) is 0 Å². The van der Waals surface area contributed by atoms with Crippen LogP contribution in [-0.4, -0.2) is 19.5 Å². The molecular weight excluding hydrogens is 701 g/mol. The Bertz CT molecular complexity index is 3530. The zero-order valence-corrected chi connectivity index (χ0v) is 30.4. The molecule has 266 valence electrons. The number of rotatable bonds is 5. The van der Waals surface area contributed by atoms with E-state index in [9.17, 15) is 0 Å². The molecule has 6 nitrogen and oxygen atoms in total. The van der Waals surface area contributed by atoms with Crippen LogP contribution in [0.15, 0.2) is 191 Å². The minimum atomic E-state index is 0.575. The first kappa shape index (κ1) is 31.5. The summed E-state index contributed by atoms with van der Waals surface area (Å²) in [4.78, 5) is 15.2. The van der Waals surface area contributed by atoms with E-state index in [4.69, 9.17) is 23.8 Å². The van der Waals surface area contributed by atoms with Crippen molar-refractivity contribution in [3.05, 3.63) is 182 Å². The minimum Gasteiger partial charge on any atom is -0.456 e. The highest BCUT2D eigenvalue weighted by Gasteiger charge is 2.18. The monoisotopic (exact) mass is 730 g/mol. The van der Waals surface area contributed by atoms with Gasteiger partial charge in [-0.3, -0.25) is 0 Å². The highest BCUT2D eigenvalue weighted by Crippen LogP contribution is 2.38. The van der Waals surface area contributed by atoms with E-state index in [0.717, 1.165) is 88.4 Å². The van der Waals surface area contributed by atoms with Crippen molar-refractivity contribution in [2.24, 2.45) is 0 Å². The molecule has 4 aromatic heterocycles. The number of furan rings is 2. The van der Waals surface area contributed by atoms with Crippen LogP contribution in [0, 0.1) is 0 Å². The minimum absolute atomic E-state index is 0.575. The Hall–Kier alpha value is -7.83. The van der Waals surface area contributed by atoms with Crippen molar-refractivity contribution >= 4 is 65.7 Å². The molecular formula is C51H30N4O2. The number of para-hydroxylation sites is 3. The molecule has 0 amide bonds. The van der Waals surface area contributed by atoms with Crippen LogP contribution in [0.5, 0.6) is 0 Å². The summed E-state index contributed by atoms with van der Waals surface area (Å²) in [6.07, 6.45) is 0. The molecule has 0 unspecified atom stereocenters. The zero-order chi connectivity index (χ0) is 37.5. The SMILES string of the molecule is c1ccc(-c2nc(-c3ccc4c(c3)oc3ccc(-c5ccc6oc7ccccc7c6c5)cc34)nc(-c3ccc4c5ccccc5n(-c5ccccc5)c4c3)n2)cc1. The van der Waals surface area contributed by atoms with Crippen LogP contribution in [0.25, 0.3) is 117 Å². The van der Waals surface area contributed by atoms with Crippen LogP contribution in [0.3, 0.4) is 0 Å². The van der Waals surface area contributed by atoms with E-state index in [1.807, 2.05) is 60.7 Å². The fraction of sp³-hybridized carbons (Fsp3) is 0. The molecule has 8 aromatic carbocycles. The quantitative estimate of drug-likeness (QED) is 0.176. The Kier molecular flexibility index (Phi) is 6.83. The van der Waals surface area contributed by atoms with Gasteiger partial charge in [-0.25, -0.2) is 15.0 Å². The lowest BCUT2D eigenvalue weighted by molar-refractivity contribution is 0.668. The van der Waals surface area contributed by atoms with Crippen LogP contribution in [0.2, 0.25) is 0 Å². The number of nitrogens with zero attached hydrogens (tertiary/aromatic N) is 4. The van der Waals surface area contributed by atoms with Gasteiger partial charge in [0.25, 0.3) is 0 Å².